The molecule has 0 fully saturated rings. The van der Waals surface area contributed by atoms with Gasteiger partial charge in [-0.25, -0.2) is 4.68 Å². The monoisotopic (exact) mass is 346 g/mol. The Balaban J connectivity index is 1.81. The zero-order valence-electron chi connectivity index (χ0n) is 14.9. The molecule has 0 bridgehead atoms. The summed E-state index contributed by atoms with van der Waals surface area (Å²) < 4.78 is 1.87. The van der Waals surface area contributed by atoms with Gasteiger partial charge in [-0.1, -0.05) is 30.3 Å². The molecule has 2 atom stereocenters. The lowest BCUT2D eigenvalue weighted by atomic mass is 10.0. The molecule has 1 aromatic heterocycles. The molecule has 3 rings (SSSR count). The lowest BCUT2D eigenvalue weighted by Crippen LogP contribution is -2.27. The molecular weight excluding hydrogens is 324 g/mol. The Kier molecular flexibility index (Phi) is 5.47. The van der Waals surface area contributed by atoms with E-state index in [1.54, 1.807) is 12.1 Å². The summed E-state index contributed by atoms with van der Waals surface area (Å²) in [6.45, 7) is 4.12. The average molecular weight is 346 g/mol. The minimum atomic E-state index is -0.135. The van der Waals surface area contributed by atoms with E-state index >= 15 is 0 Å². The summed E-state index contributed by atoms with van der Waals surface area (Å²) in [5.74, 6) is 0. The first-order valence-corrected chi connectivity index (χ1v) is 8.61. The first kappa shape index (κ1) is 17.9. The van der Waals surface area contributed by atoms with Crippen molar-refractivity contribution in [1.82, 2.24) is 15.1 Å². The molecule has 0 saturated heterocycles. The minimum Gasteiger partial charge on any atom is -0.394 e. The molecule has 5 heteroatoms. The van der Waals surface area contributed by atoms with Gasteiger partial charge in [0.15, 0.2) is 0 Å². The Labute approximate surface area is 153 Å². The summed E-state index contributed by atoms with van der Waals surface area (Å²) in [6, 6.07) is 19.3. The number of hydrogen-bond donors (Lipinski definition) is 2. The van der Waals surface area contributed by atoms with Crippen LogP contribution in [0.25, 0.3) is 5.69 Å². The number of nitrogens with zero attached hydrogens (tertiary/aromatic N) is 3. The molecule has 132 valence electrons. The molecular formula is C21H22N4O. The quantitative estimate of drug-likeness (QED) is 0.717. The van der Waals surface area contributed by atoms with Gasteiger partial charge in [-0.3, -0.25) is 0 Å². The van der Waals surface area contributed by atoms with E-state index in [4.69, 9.17) is 5.26 Å². The van der Waals surface area contributed by atoms with Crippen LogP contribution in [0.2, 0.25) is 0 Å². The Morgan fingerprint density at radius 2 is 1.85 bits per heavy atom. The van der Waals surface area contributed by atoms with E-state index in [1.165, 1.54) is 0 Å². The summed E-state index contributed by atoms with van der Waals surface area (Å²) >= 11 is 0. The normalized spacial score (nSPS) is 13.2. The molecule has 0 aliphatic carbocycles. The van der Waals surface area contributed by atoms with Gasteiger partial charge in [0.1, 0.15) is 0 Å². The maximum atomic E-state index is 9.77. The van der Waals surface area contributed by atoms with Gasteiger partial charge in [-0.05, 0) is 43.7 Å². The zero-order chi connectivity index (χ0) is 18.5. The SMILES string of the molecule is Cc1c(C(C)NC(CO)c2ccccc2)cnn1-c1ccc(C#N)cc1. The highest BCUT2D eigenvalue weighted by atomic mass is 16.3. The molecule has 0 spiro atoms. The average Bonchev–Trinajstić information content (AvgIpc) is 3.08. The highest BCUT2D eigenvalue weighted by molar-refractivity contribution is 5.41. The van der Waals surface area contributed by atoms with Crippen LogP contribution >= 0.6 is 0 Å². The van der Waals surface area contributed by atoms with Crippen LogP contribution in [0, 0.1) is 18.3 Å². The number of aliphatic hydroxyl groups is 1. The second-order valence-corrected chi connectivity index (χ2v) is 6.29. The van der Waals surface area contributed by atoms with Crippen LogP contribution in [0.5, 0.6) is 0 Å². The fraction of sp³-hybridized carbons (Fsp3) is 0.238. The third-order valence-corrected chi connectivity index (χ3v) is 4.59. The van der Waals surface area contributed by atoms with Crippen LogP contribution in [0.1, 0.15) is 41.4 Å². The minimum absolute atomic E-state index is 0.0250. The number of benzene rings is 2. The second kappa shape index (κ2) is 7.96. The largest absolute Gasteiger partial charge is 0.394 e. The second-order valence-electron chi connectivity index (χ2n) is 6.29. The van der Waals surface area contributed by atoms with E-state index in [2.05, 4.69) is 23.4 Å². The van der Waals surface area contributed by atoms with Gasteiger partial charge >= 0.3 is 0 Å². The predicted octanol–water partition coefficient (Wildman–Crippen LogP) is 3.44. The number of aliphatic hydroxyl groups excluding tert-OH is 1. The van der Waals surface area contributed by atoms with Gasteiger partial charge in [-0.15, -0.1) is 0 Å². The fourth-order valence-electron chi connectivity index (χ4n) is 3.12. The Morgan fingerprint density at radius 1 is 1.15 bits per heavy atom. The number of hydrogen-bond acceptors (Lipinski definition) is 4. The van der Waals surface area contributed by atoms with Crippen molar-refractivity contribution >= 4 is 0 Å². The van der Waals surface area contributed by atoms with E-state index < -0.39 is 0 Å². The predicted molar refractivity (Wildman–Crippen MR) is 101 cm³/mol. The maximum absolute atomic E-state index is 9.77. The highest BCUT2D eigenvalue weighted by Crippen LogP contribution is 2.23. The van der Waals surface area contributed by atoms with Gasteiger partial charge < -0.3 is 10.4 Å². The molecule has 2 N–H and O–H groups in total. The smallest absolute Gasteiger partial charge is 0.0991 e. The van der Waals surface area contributed by atoms with Crippen molar-refractivity contribution in [1.29, 1.82) is 5.26 Å². The van der Waals surface area contributed by atoms with Crippen LogP contribution in [-0.4, -0.2) is 21.5 Å². The molecule has 1 heterocycles. The Morgan fingerprint density at radius 3 is 2.46 bits per heavy atom. The van der Waals surface area contributed by atoms with Crippen LogP contribution in [0.4, 0.5) is 0 Å². The van der Waals surface area contributed by atoms with Gasteiger partial charge in [0.05, 0.1) is 36.2 Å². The molecule has 3 aromatic rings. The lowest BCUT2D eigenvalue weighted by molar-refractivity contribution is 0.235. The van der Waals surface area contributed by atoms with E-state index in [9.17, 15) is 5.11 Å². The molecule has 0 aliphatic rings. The molecule has 5 nitrogen and oxygen atoms in total. The Bertz CT molecular complexity index is 894. The van der Waals surface area contributed by atoms with Crippen molar-refractivity contribution < 1.29 is 5.11 Å². The van der Waals surface area contributed by atoms with Crippen molar-refractivity contribution in [2.75, 3.05) is 6.61 Å². The van der Waals surface area contributed by atoms with Gasteiger partial charge in [0.2, 0.25) is 0 Å². The van der Waals surface area contributed by atoms with Crippen LogP contribution < -0.4 is 5.32 Å². The number of aromatic nitrogens is 2. The summed E-state index contributed by atoms with van der Waals surface area (Å²) in [7, 11) is 0. The lowest BCUT2D eigenvalue weighted by Gasteiger charge is -2.22. The molecule has 0 radical (unpaired) electrons. The van der Waals surface area contributed by atoms with E-state index in [0.717, 1.165) is 22.5 Å². The zero-order valence-corrected chi connectivity index (χ0v) is 14.9. The number of nitriles is 1. The summed E-state index contributed by atoms with van der Waals surface area (Å²) in [6.07, 6.45) is 1.85. The van der Waals surface area contributed by atoms with Gasteiger partial charge in [0, 0.05) is 17.3 Å². The summed E-state index contributed by atoms with van der Waals surface area (Å²) in [5.41, 5.74) is 4.70. The van der Waals surface area contributed by atoms with Gasteiger partial charge in [-0.2, -0.15) is 10.4 Å². The van der Waals surface area contributed by atoms with E-state index in [0.29, 0.717) is 5.56 Å². The van der Waals surface area contributed by atoms with Crippen molar-refractivity contribution in [3.63, 3.8) is 0 Å². The third-order valence-electron chi connectivity index (χ3n) is 4.59. The fourth-order valence-corrected chi connectivity index (χ4v) is 3.12. The first-order valence-electron chi connectivity index (χ1n) is 8.61. The number of nitrogens with one attached hydrogen (secondary N) is 1. The van der Waals surface area contributed by atoms with Crippen LogP contribution in [0.3, 0.4) is 0 Å². The van der Waals surface area contributed by atoms with E-state index in [-0.39, 0.29) is 18.7 Å². The molecule has 0 aliphatic heterocycles. The highest BCUT2D eigenvalue weighted by Gasteiger charge is 2.18. The standard InChI is InChI=1S/C21H22N4O/c1-15(24-21(14-26)18-6-4-3-5-7-18)20-13-23-25(16(20)2)19-10-8-17(12-22)9-11-19/h3-11,13,15,21,24,26H,14H2,1-2H3. The van der Waals surface area contributed by atoms with Crippen LogP contribution in [0.15, 0.2) is 60.8 Å². The number of rotatable bonds is 6. The molecule has 0 amide bonds. The van der Waals surface area contributed by atoms with Crippen molar-refractivity contribution in [3.05, 3.63) is 83.2 Å². The van der Waals surface area contributed by atoms with Crippen molar-refractivity contribution in [2.45, 2.75) is 25.9 Å². The molecule has 2 aromatic carbocycles. The Hall–Kier alpha value is -2.94. The third kappa shape index (κ3) is 3.67. The summed E-state index contributed by atoms with van der Waals surface area (Å²) in [4.78, 5) is 0. The van der Waals surface area contributed by atoms with Crippen LogP contribution in [-0.2, 0) is 0 Å². The maximum Gasteiger partial charge on any atom is 0.0991 e. The van der Waals surface area contributed by atoms with Crippen molar-refractivity contribution in [3.8, 4) is 11.8 Å². The topological polar surface area (TPSA) is 73.9 Å². The molecule has 26 heavy (non-hydrogen) atoms. The molecule has 2 unspecified atom stereocenters. The first-order chi connectivity index (χ1) is 12.6. The van der Waals surface area contributed by atoms with E-state index in [1.807, 2.05) is 60.3 Å². The molecule has 0 saturated carbocycles. The van der Waals surface area contributed by atoms with Crippen molar-refractivity contribution in [2.24, 2.45) is 0 Å². The van der Waals surface area contributed by atoms with Gasteiger partial charge in [0.25, 0.3) is 0 Å². The summed E-state index contributed by atoms with van der Waals surface area (Å²) in [5, 5.41) is 26.7.